The van der Waals surface area contributed by atoms with Crippen LogP contribution in [-0.4, -0.2) is 21.2 Å². The fourth-order valence-electron chi connectivity index (χ4n) is 2.06. The number of hydrogen-bond acceptors (Lipinski definition) is 5. The molecule has 20 heavy (non-hydrogen) atoms. The zero-order chi connectivity index (χ0) is 14.1. The lowest BCUT2D eigenvalue weighted by Crippen LogP contribution is -2.14. The Morgan fingerprint density at radius 3 is 2.80 bits per heavy atom. The van der Waals surface area contributed by atoms with Crippen molar-refractivity contribution in [3.63, 3.8) is 0 Å². The average molecular weight is 268 g/mol. The molecule has 2 heterocycles. The third kappa shape index (κ3) is 2.01. The fourth-order valence-corrected chi connectivity index (χ4v) is 2.06. The van der Waals surface area contributed by atoms with Gasteiger partial charge in [-0.2, -0.15) is 0 Å². The number of amides is 1. The second-order valence-corrected chi connectivity index (χ2v) is 4.47. The minimum Gasteiger partial charge on any atom is -0.302 e. The molecule has 0 fully saturated rings. The molecule has 0 spiro atoms. The summed E-state index contributed by atoms with van der Waals surface area (Å²) in [7, 11) is 0. The number of aromatic nitrogens is 3. The number of benzene rings is 1. The summed E-state index contributed by atoms with van der Waals surface area (Å²) >= 11 is 0. The van der Waals surface area contributed by atoms with Crippen LogP contribution >= 0.6 is 0 Å². The van der Waals surface area contributed by atoms with Gasteiger partial charge in [-0.05, 0) is 36.7 Å². The summed E-state index contributed by atoms with van der Waals surface area (Å²) in [6.45, 7) is 3.58. The molecule has 3 aromatic rings. The van der Waals surface area contributed by atoms with Crippen molar-refractivity contribution in [3.8, 4) is 0 Å². The Morgan fingerprint density at radius 2 is 2.05 bits per heavy atom. The van der Waals surface area contributed by atoms with Gasteiger partial charge >= 0.3 is 0 Å². The number of aryl methyl sites for hydroxylation is 2. The van der Waals surface area contributed by atoms with Crippen LogP contribution in [0.4, 0.5) is 5.82 Å². The number of nitrogens with one attached hydrogen (secondary N) is 1. The van der Waals surface area contributed by atoms with Crippen LogP contribution in [0.25, 0.3) is 10.9 Å². The standard InChI is InChI=1S/C14H12N4O2/c1-8-11(6-5-10-4-3-7-15-12(8)10)14(19)16-13-9(2)17-20-18-13/h3-7H,1-2H3,(H,16,18,19). The number of hydrogen-bond donors (Lipinski definition) is 1. The molecular formula is C14H12N4O2. The van der Waals surface area contributed by atoms with Crippen LogP contribution < -0.4 is 5.32 Å². The van der Waals surface area contributed by atoms with Gasteiger partial charge in [-0.1, -0.05) is 17.3 Å². The first-order valence-corrected chi connectivity index (χ1v) is 6.11. The summed E-state index contributed by atoms with van der Waals surface area (Å²) in [4.78, 5) is 16.6. The van der Waals surface area contributed by atoms with Gasteiger partial charge in [0, 0.05) is 17.1 Å². The highest BCUT2D eigenvalue weighted by molar-refractivity contribution is 6.07. The molecule has 0 unspecified atom stereocenters. The molecule has 0 bridgehead atoms. The van der Waals surface area contributed by atoms with E-state index in [0.29, 0.717) is 17.1 Å². The maximum atomic E-state index is 12.3. The third-order valence-electron chi connectivity index (χ3n) is 3.16. The Labute approximate surface area is 114 Å². The first-order valence-electron chi connectivity index (χ1n) is 6.11. The van der Waals surface area contributed by atoms with Gasteiger partial charge < -0.3 is 5.32 Å². The summed E-state index contributed by atoms with van der Waals surface area (Å²) in [6, 6.07) is 7.48. The van der Waals surface area contributed by atoms with E-state index in [9.17, 15) is 4.79 Å². The number of anilines is 1. The molecular weight excluding hydrogens is 256 g/mol. The van der Waals surface area contributed by atoms with Gasteiger partial charge in [0.05, 0.1) is 5.52 Å². The lowest BCUT2D eigenvalue weighted by molar-refractivity contribution is 0.102. The van der Waals surface area contributed by atoms with Crippen LogP contribution in [0.1, 0.15) is 21.6 Å². The summed E-state index contributed by atoms with van der Waals surface area (Å²) in [5, 5.41) is 10.9. The van der Waals surface area contributed by atoms with Crippen LogP contribution in [0.2, 0.25) is 0 Å². The zero-order valence-corrected chi connectivity index (χ0v) is 11.0. The summed E-state index contributed by atoms with van der Waals surface area (Å²) < 4.78 is 4.56. The smallest absolute Gasteiger partial charge is 0.257 e. The van der Waals surface area contributed by atoms with Crippen molar-refractivity contribution in [3.05, 3.63) is 47.3 Å². The highest BCUT2D eigenvalue weighted by Gasteiger charge is 2.15. The Morgan fingerprint density at radius 1 is 1.20 bits per heavy atom. The van der Waals surface area contributed by atoms with Crippen LogP contribution in [0.15, 0.2) is 35.1 Å². The molecule has 0 aliphatic heterocycles. The number of carbonyl (C=O) groups excluding carboxylic acids is 1. The number of carbonyl (C=O) groups is 1. The molecule has 6 heteroatoms. The highest BCUT2D eigenvalue weighted by Crippen LogP contribution is 2.20. The Balaban J connectivity index is 2.00. The Kier molecular flexibility index (Phi) is 2.90. The van der Waals surface area contributed by atoms with Crippen molar-refractivity contribution < 1.29 is 9.42 Å². The number of pyridine rings is 1. The Bertz CT molecular complexity index is 795. The fraction of sp³-hybridized carbons (Fsp3) is 0.143. The topological polar surface area (TPSA) is 80.9 Å². The molecule has 1 amide bonds. The molecule has 6 nitrogen and oxygen atoms in total. The number of rotatable bonds is 2. The van der Waals surface area contributed by atoms with E-state index in [4.69, 9.17) is 0 Å². The number of nitrogens with zero attached hydrogens (tertiary/aromatic N) is 3. The van der Waals surface area contributed by atoms with E-state index in [1.807, 2.05) is 25.1 Å². The van der Waals surface area contributed by atoms with Crippen LogP contribution in [0, 0.1) is 13.8 Å². The third-order valence-corrected chi connectivity index (χ3v) is 3.16. The van der Waals surface area contributed by atoms with E-state index in [-0.39, 0.29) is 5.91 Å². The molecule has 0 atom stereocenters. The monoisotopic (exact) mass is 268 g/mol. The minimum absolute atomic E-state index is 0.256. The SMILES string of the molecule is Cc1nonc1NC(=O)c1ccc2cccnc2c1C. The molecule has 1 N–H and O–H groups in total. The van der Waals surface area contributed by atoms with Gasteiger partial charge in [-0.25, -0.2) is 4.63 Å². The summed E-state index contributed by atoms with van der Waals surface area (Å²) in [5.41, 5.74) is 2.73. The lowest BCUT2D eigenvalue weighted by Gasteiger charge is -2.08. The lowest BCUT2D eigenvalue weighted by atomic mass is 10.0. The zero-order valence-electron chi connectivity index (χ0n) is 11.0. The summed E-state index contributed by atoms with van der Waals surface area (Å²) in [5.74, 6) is 0.0735. The van der Waals surface area contributed by atoms with Gasteiger partial charge in [0.25, 0.3) is 5.91 Å². The van der Waals surface area contributed by atoms with Crippen molar-refractivity contribution in [2.45, 2.75) is 13.8 Å². The highest BCUT2D eigenvalue weighted by atomic mass is 16.6. The van der Waals surface area contributed by atoms with Crippen molar-refractivity contribution >= 4 is 22.6 Å². The van der Waals surface area contributed by atoms with Crippen molar-refractivity contribution in [2.24, 2.45) is 0 Å². The van der Waals surface area contributed by atoms with Crippen LogP contribution in [-0.2, 0) is 0 Å². The van der Waals surface area contributed by atoms with E-state index in [0.717, 1.165) is 16.5 Å². The maximum absolute atomic E-state index is 12.3. The Hall–Kier alpha value is -2.76. The normalized spacial score (nSPS) is 10.7. The van der Waals surface area contributed by atoms with Gasteiger partial charge in [-0.3, -0.25) is 9.78 Å². The van der Waals surface area contributed by atoms with Gasteiger partial charge in [0.2, 0.25) is 5.82 Å². The predicted octanol–water partition coefficient (Wildman–Crippen LogP) is 2.49. The second-order valence-electron chi connectivity index (χ2n) is 4.47. The molecule has 0 aliphatic carbocycles. The van der Waals surface area contributed by atoms with E-state index in [1.165, 1.54) is 0 Å². The second kappa shape index (κ2) is 4.73. The summed E-state index contributed by atoms with van der Waals surface area (Å²) in [6.07, 6.45) is 1.71. The first-order chi connectivity index (χ1) is 9.66. The predicted molar refractivity (Wildman–Crippen MR) is 73.5 cm³/mol. The van der Waals surface area contributed by atoms with Crippen molar-refractivity contribution in [1.29, 1.82) is 0 Å². The molecule has 2 aromatic heterocycles. The molecule has 0 aliphatic rings. The molecule has 0 radical (unpaired) electrons. The van der Waals surface area contributed by atoms with Crippen molar-refractivity contribution in [2.75, 3.05) is 5.32 Å². The molecule has 1 aromatic carbocycles. The minimum atomic E-state index is -0.256. The van der Waals surface area contributed by atoms with Crippen LogP contribution in [0.3, 0.4) is 0 Å². The van der Waals surface area contributed by atoms with Gasteiger partial charge in [-0.15, -0.1) is 0 Å². The van der Waals surface area contributed by atoms with E-state index < -0.39 is 0 Å². The first kappa shape index (κ1) is 12.3. The van der Waals surface area contributed by atoms with Crippen LogP contribution in [0.5, 0.6) is 0 Å². The molecule has 0 saturated heterocycles. The average Bonchev–Trinajstić information content (AvgIpc) is 2.85. The largest absolute Gasteiger partial charge is 0.302 e. The molecule has 0 saturated carbocycles. The molecule has 100 valence electrons. The van der Waals surface area contributed by atoms with E-state index in [2.05, 4.69) is 25.2 Å². The van der Waals surface area contributed by atoms with Gasteiger partial charge in [0.1, 0.15) is 5.69 Å². The van der Waals surface area contributed by atoms with E-state index >= 15 is 0 Å². The van der Waals surface area contributed by atoms with Crippen molar-refractivity contribution in [1.82, 2.24) is 15.3 Å². The quantitative estimate of drug-likeness (QED) is 0.772. The molecule has 3 rings (SSSR count). The van der Waals surface area contributed by atoms with E-state index in [1.54, 1.807) is 19.2 Å². The maximum Gasteiger partial charge on any atom is 0.257 e. The number of fused-ring (bicyclic) bond motifs is 1. The van der Waals surface area contributed by atoms with Gasteiger partial charge in [0.15, 0.2) is 0 Å².